The number of nitrogens with two attached hydrogens (primary N) is 1. The van der Waals surface area contributed by atoms with Crippen LogP contribution in [0.25, 0.3) is 21.6 Å². The summed E-state index contributed by atoms with van der Waals surface area (Å²) in [4.78, 5) is 8.64. The summed E-state index contributed by atoms with van der Waals surface area (Å²) in [6, 6.07) is 7.80. The average Bonchev–Trinajstić information content (AvgIpc) is 3.21. The van der Waals surface area contributed by atoms with Gasteiger partial charge in [0.1, 0.15) is 16.9 Å². The highest BCUT2D eigenvalue weighted by atomic mass is 79.9. The van der Waals surface area contributed by atoms with E-state index < -0.39 is 5.60 Å². The van der Waals surface area contributed by atoms with Gasteiger partial charge >= 0.3 is 0 Å². The number of hydrogen-bond donors (Lipinski definition) is 2. The normalized spacial score (nSPS) is 12.0. The molecule has 0 aliphatic carbocycles. The van der Waals surface area contributed by atoms with Gasteiger partial charge in [0.25, 0.3) is 0 Å². The third-order valence-corrected chi connectivity index (χ3v) is 6.03. The molecule has 4 rings (SSSR count). The molecule has 0 saturated carbocycles. The van der Waals surface area contributed by atoms with Crippen molar-refractivity contribution in [2.75, 3.05) is 5.73 Å². The van der Waals surface area contributed by atoms with Crippen LogP contribution in [0.2, 0.25) is 0 Å². The van der Waals surface area contributed by atoms with Crippen molar-refractivity contribution in [2.24, 2.45) is 0 Å². The van der Waals surface area contributed by atoms with Gasteiger partial charge in [-0.25, -0.2) is 14.6 Å². The molecule has 0 fully saturated rings. The first-order chi connectivity index (χ1) is 12.8. The number of anilines is 1. The third-order valence-electron chi connectivity index (χ3n) is 4.15. The summed E-state index contributed by atoms with van der Waals surface area (Å²) in [6.07, 6.45) is 1.84. The Morgan fingerprint density at radius 2 is 2.11 bits per heavy atom. The van der Waals surface area contributed by atoms with E-state index in [9.17, 15) is 5.11 Å². The Morgan fingerprint density at radius 1 is 1.30 bits per heavy atom. The van der Waals surface area contributed by atoms with Crippen molar-refractivity contribution in [1.29, 1.82) is 0 Å². The molecule has 138 valence electrons. The van der Waals surface area contributed by atoms with E-state index in [1.165, 1.54) is 11.3 Å². The summed E-state index contributed by atoms with van der Waals surface area (Å²) in [6.45, 7) is 4.07. The topological polar surface area (TPSA) is 103 Å². The van der Waals surface area contributed by atoms with E-state index in [1.807, 2.05) is 35.8 Å². The highest BCUT2D eigenvalue weighted by Gasteiger charge is 2.17. The van der Waals surface area contributed by atoms with E-state index in [-0.39, 0.29) is 5.95 Å². The van der Waals surface area contributed by atoms with Gasteiger partial charge < -0.3 is 10.8 Å². The van der Waals surface area contributed by atoms with E-state index >= 15 is 0 Å². The van der Waals surface area contributed by atoms with Crippen LogP contribution in [-0.4, -0.2) is 30.1 Å². The zero-order valence-corrected chi connectivity index (χ0v) is 17.1. The summed E-state index contributed by atoms with van der Waals surface area (Å²) in [5.41, 5.74) is 8.94. The summed E-state index contributed by atoms with van der Waals surface area (Å²) in [5.74, 6) is 0.198. The van der Waals surface area contributed by atoms with Crippen LogP contribution in [0, 0.1) is 0 Å². The lowest BCUT2D eigenvalue weighted by Crippen LogP contribution is -2.15. The van der Waals surface area contributed by atoms with Crippen molar-refractivity contribution >= 4 is 43.4 Å². The molecule has 0 bridgehead atoms. The van der Waals surface area contributed by atoms with Crippen LogP contribution in [0.4, 0.5) is 5.95 Å². The van der Waals surface area contributed by atoms with Crippen molar-refractivity contribution in [1.82, 2.24) is 25.0 Å². The third kappa shape index (κ3) is 3.58. The van der Waals surface area contributed by atoms with E-state index in [0.717, 1.165) is 25.8 Å². The van der Waals surface area contributed by atoms with Gasteiger partial charge in [-0.05, 0) is 40.9 Å². The maximum atomic E-state index is 10.2. The Bertz CT molecular complexity index is 1130. The lowest BCUT2D eigenvalue weighted by molar-refractivity contribution is 0.0785. The minimum atomic E-state index is -0.889. The summed E-state index contributed by atoms with van der Waals surface area (Å²) in [5, 5.41) is 20.6. The number of halogens is 1. The molecule has 0 saturated heterocycles. The van der Waals surface area contributed by atoms with Gasteiger partial charge in [-0.1, -0.05) is 29.5 Å². The van der Waals surface area contributed by atoms with Gasteiger partial charge in [-0.2, -0.15) is 0 Å². The van der Waals surface area contributed by atoms with Crippen LogP contribution in [0.15, 0.2) is 40.3 Å². The predicted octanol–water partition coefficient (Wildman–Crippen LogP) is 3.57. The van der Waals surface area contributed by atoms with Gasteiger partial charge in [0.05, 0.1) is 27.5 Å². The van der Waals surface area contributed by atoms with Gasteiger partial charge in [0, 0.05) is 5.38 Å². The molecule has 0 spiro atoms. The fourth-order valence-electron chi connectivity index (χ4n) is 2.80. The number of thiophene rings is 1. The predicted molar refractivity (Wildman–Crippen MR) is 109 cm³/mol. The summed E-state index contributed by atoms with van der Waals surface area (Å²) < 4.78 is 3.53. The Morgan fingerprint density at radius 3 is 2.89 bits per heavy atom. The van der Waals surface area contributed by atoms with Crippen molar-refractivity contribution in [2.45, 2.75) is 26.0 Å². The molecule has 0 amide bonds. The molecule has 4 aromatic rings. The molecule has 0 unspecified atom stereocenters. The van der Waals surface area contributed by atoms with Crippen molar-refractivity contribution in [3.63, 3.8) is 0 Å². The highest BCUT2D eigenvalue weighted by molar-refractivity contribution is 9.10. The number of nitrogen functional groups attached to an aromatic ring is 1. The second kappa shape index (κ2) is 6.66. The molecule has 0 aliphatic heterocycles. The molecule has 0 radical (unpaired) electrons. The largest absolute Gasteiger partial charge is 0.386 e. The van der Waals surface area contributed by atoms with Crippen LogP contribution in [-0.2, 0) is 12.1 Å². The summed E-state index contributed by atoms with van der Waals surface area (Å²) in [7, 11) is 0. The molecular formula is C18H17BrN6OS. The Kier molecular flexibility index (Phi) is 4.45. The maximum absolute atomic E-state index is 10.2. The average molecular weight is 445 g/mol. The van der Waals surface area contributed by atoms with Crippen molar-refractivity contribution in [3.05, 3.63) is 51.4 Å². The molecule has 3 N–H and O–H groups in total. The fraction of sp³-hybridized carbons (Fsp3) is 0.222. The first-order valence-corrected chi connectivity index (χ1v) is 9.91. The Balaban J connectivity index is 1.67. The maximum Gasteiger partial charge on any atom is 0.221 e. The number of hydrogen-bond acceptors (Lipinski definition) is 7. The Hall–Kier alpha value is -2.36. The minimum absolute atomic E-state index is 0.198. The molecule has 1 aromatic carbocycles. The lowest BCUT2D eigenvalue weighted by Gasteiger charge is -2.18. The Labute approximate surface area is 168 Å². The number of benzene rings is 1. The van der Waals surface area contributed by atoms with Crippen LogP contribution >= 0.6 is 27.3 Å². The van der Waals surface area contributed by atoms with E-state index in [2.05, 4.69) is 36.2 Å². The zero-order chi connectivity index (χ0) is 19.2. The van der Waals surface area contributed by atoms with Crippen molar-refractivity contribution < 1.29 is 5.11 Å². The lowest BCUT2D eigenvalue weighted by atomic mass is 9.96. The minimum Gasteiger partial charge on any atom is -0.386 e. The van der Waals surface area contributed by atoms with Crippen LogP contribution < -0.4 is 5.73 Å². The van der Waals surface area contributed by atoms with Crippen molar-refractivity contribution in [3.8, 4) is 11.4 Å². The molecule has 27 heavy (non-hydrogen) atoms. The van der Waals surface area contributed by atoms with E-state index in [4.69, 9.17) is 5.73 Å². The molecule has 3 aromatic heterocycles. The van der Waals surface area contributed by atoms with Crippen LogP contribution in [0.3, 0.4) is 0 Å². The van der Waals surface area contributed by atoms with Gasteiger partial charge in [-0.3, -0.25) is 0 Å². The van der Waals surface area contributed by atoms with E-state index in [0.29, 0.717) is 17.9 Å². The number of aromatic nitrogens is 5. The number of rotatable bonds is 4. The molecule has 9 heteroatoms. The molecular weight excluding hydrogens is 428 g/mol. The monoisotopic (exact) mass is 444 g/mol. The van der Waals surface area contributed by atoms with Gasteiger partial charge in [-0.15, -0.1) is 16.4 Å². The fourth-order valence-corrected chi connectivity index (χ4v) is 4.36. The number of nitrogens with zero attached hydrogens (tertiary/aromatic N) is 5. The molecule has 3 heterocycles. The van der Waals surface area contributed by atoms with Crippen LogP contribution in [0.1, 0.15) is 25.0 Å². The number of aliphatic hydroxyl groups is 1. The second-order valence-corrected chi connectivity index (χ2v) is 8.49. The highest BCUT2D eigenvalue weighted by Crippen LogP contribution is 2.35. The molecule has 0 atom stereocenters. The number of fused-ring (bicyclic) bond motifs is 1. The van der Waals surface area contributed by atoms with Gasteiger partial charge in [0.2, 0.25) is 5.95 Å². The smallest absolute Gasteiger partial charge is 0.221 e. The second-order valence-electron chi connectivity index (χ2n) is 6.75. The summed E-state index contributed by atoms with van der Waals surface area (Å²) >= 11 is 5.01. The zero-order valence-electron chi connectivity index (χ0n) is 14.7. The standard InChI is InChI=1S/C18H17BrN6OS/c1-18(2,26)11-5-3-4-10(6-11)7-25-8-13(23-24-25)15-16-14(12(19)9-27-16)21-17(20)22-15/h3-6,8-9,26H,7H2,1-2H3,(H2,20,21,22). The van der Waals surface area contributed by atoms with E-state index in [1.54, 1.807) is 18.5 Å². The quantitative estimate of drug-likeness (QED) is 0.498. The molecule has 0 aliphatic rings. The van der Waals surface area contributed by atoms with Gasteiger partial charge in [0.15, 0.2) is 0 Å². The molecule has 7 nitrogen and oxygen atoms in total. The first-order valence-electron chi connectivity index (χ1n) is 8.24. The van der Waals surface area contributed by atoms with Crippen LogP contribution in [0.5, 0.6) is 0 Å². The first kappa shape index (κ1) is 18.0. The SMILES string of the molecule is CC(C)(O)c1cccc(Cn2cc(-c3nc(N)nc4c(Br)csc34)nn2)c1.